The minimum Gasteiger partial charge on any atom is -0.291 e. The first-order chi connectivity index (χ1) is 7.66. The number of hydrogen-bond donors (Lipinski definition) is 2. The second-order valence-electron chi connectivity index (χ2n) is 3.27. The van der Waals surface area contributed by atoms with Crippen LogP contribution in [0.1, 0.15) is 21.7 Å². The number of H-pyrrole nitrogens is 1. The molecule has 0 saturated heterocycles. The molecule has 0 aliphatic rings. The van der Waals surface area contributed by atoms with Gasteiger partial charge in [0.15, 0.2) is 0 Å². The Hall–Kier alpha value is -2.31. The number of nitrogens with one attached hydrogen (secondary N) is 2. The van der Waals surface area contributed by atoms with Crippen molar-refractivity contribution in [1.82, 2.24) is 25.4 Å². The van der Waals surface area contributed by atoms with E-state index in [1.807, 2.05) is 0 Å². The van der Waals surface area contributed by atoms with Crippen molar-refractivity contribution >= 4 is 11.9 Å². The maximum Gasteiger partial charge on any atom is 0.259 e. The average Bonchev–Trinajstić information content (AvgIpc) is 2.74. The van der Waals surface area contributed by atoms with Gasteiger partial charge in [0, 0.05) is 0 Å². The standard InChI is InChI=1S/C9H10N6O/c1-5-3-7(6(2)14-13-5)8(16)12-9-10-4-11-15-9/h3-4H,1-2H3,(H2,10,11,12,15,16). The Kier molecular flexibility index (Phi) is 2.59. The number of carbonyl (C=O) groups is 1. The Morgan fingerprint density at radius 2 is 2.19 bits per heavy atom. The molecule has 0 saturated carbocycles. The van der Waals surface area contributed by atoms with Gasteiger partial charge in [-0.15, -0.1) is 0 Å². The molecule has 0 bridgehead atoms. The van der Waals surface area contributed by atoms with Crippen molar-refractivity contribution in [2.75, 3.05) is 5.32 Å². The highest BCUT2D eigenvalue weighted by molar-refractivity contribution is 6.04. The minimum absolute atomic E-state index is 0.285. The topological polar surface area (TPSA) is 96.5 Å². The van der Waals surface area contributed by atoms with Gasteiger partial charge in [0.05, 0.1) is 17.0 Å². The van der Waals surface area contributed by atoms with Gasteiger partial charge in [-0.05, 0) is 19.9 Å². The predicted molar refractivity (Wildman–Crippen MR) is 55.8 cm³/mol. The van der Waals surface area contributed by atoms with Gasteiger partial charge in [-0.3, -0.25) is 10.1 Å². The molecule has 2 N–H and O–H groups in total. The van der Waals surface area contributed by atoms with Crippen molar-refractivity contribution in [3.63, 3.8) is 0 Å². The molecular weight excluding hydrogens is 208 g/mol. The second-order valence-corrected chi connectivity index (χ2v) is 3.27. The monoisotopic (exact) mass is 218 g/mol. The van der Waals surface area contributed by atoms with Crippen LogP contribution in [0.15, 0.2) is 12.4 Å². The molecular formula is C9H10N6O. The zero-order valence-electron chi connectivity index (χ0n) is 8.85. The van der Waals surface area contributed by atoms with Crippen LogP contribution in [0.3, 0.4) is 0 Å². The fourth-order valence-corrected chi connectivity index (χ4v) is 1.22. The van der Waals surface area contributed by atoms with Crippen molar-refractivity contribution in [2.45, 2.75) is 13.8 Å². The van der Waals surface area contributed by atoms with Crippen LogP contribution in [0.2, 0.25) is 0 Å². The molecule has 0 radical (unpaired) electrons. The Morgan fingerprint density at radius 3 is 2.88 bits per heavy atom. The second kappa shape index (κ2) is 4.05. The largest absolute Gasteiger partial charge is 0.291 e. The summed E-state index contributed by atoms with van der Waals surface area (Å²) in [6.07, 6.45) is 1.32. The van der Waals surface area contributed by atoms with E-state index in [9.17, 15) is 4.79 Å². The summed E-state index contributed by atoms with van der Waals surface area (Å²) in [7, 11) is 0. The lowest BCUT2D eigenvalue weighted by Crippen LogP contribution is -2.16. The lowest BCUT2D eigenvalue weighted by Gasteiger charge is -2.04. The molecule has 2 aromatic rings. The molecule has 0 aliphatic carbocycles. The quantitative estimate of drug-likeness (QED) is 0.763. The van der Waals surface area contributed by atoms with Crippen LogP contribution in [0.4, 0.5) is 5.95 Å². The Morgan fingerprint density at radius 1 is 1.38 bits per heavy atom. The number of aromatic amines is 1. The fraction of sp³-hybridized carbons (Fsp3) is 0.222. The van der Waals surface area contributed by atoms with Crippen LogP contribution in [0.25, 0.3) is 0 Å². The van der Waals surface area contributed by atoms with Crippen LogP contribution in [-0.2, 0) is 0 Å². The first-order valence-electron chi connectivity index (χ1n) is 4.64. The van der Waals surface area contributed by atoms with Crippen molar-refractivity contribution < 1.29 is 4.79 Å². The van der Waals surface area contributed by atoms with E-state index in [1.165, 1.54) is 6.33 Å². The summed E-state index contributed by atoms with van der Waals surface area (Å²) in [6, 6.07) is 1.67. The first-order valence-corrected chi connectivity index (χ1v) is 4.64. The van der Waals surface area contributed by atoms with Gasteiger partial charge in [0.25, 0.3) is 5.91 Å². The number of carbonyl (C=O) groups excluding carboxylic acids is 1. The Balaban J connectivity index is 2.24. The van der Waals surface area contributed by atoms with Crippen LogP contribution < -0.4 is 5.32 Å². The Bertz CT molecular complexity index is 507. The molecule has 16 heavy (non-hydrogen) atoms. The average molecular weight is 218 g/mol. The molecule has 1 amide bonds. The summed E-state index contributed by atoms with van der Waals surface area (Å²) in [5.41, 5.74) is 1.74. The molecule has 82 valence electrons. The zero-order chi connectivity index (χ0) is 11.5. The molecule has 0 fully saturated rings. The number of nitrogens with zero attached hydrogens (tertiary/aromatic N) is 4. The summed E-state index contributed by atoms with van der Waals surface area (Å²) in [5.74, 6) is 0.0196. The van der Waals surface area contributed by atoms with E-state index in [4.69, 9.17) is 0 Å². The first kappa shape index (κ1) is 10.2. The minimum atomic E-state index is -0.285. The highest BCUT2D eigenvalue weighted by Gasteiger charge is 2.12. The highest BCUT2D eigenvalue weighted by atomic mass is 16.1. The van der Waals surface area contributed by atoms with E-state index in [1.54, 1.807) is 19.9 Å². The third kappa shape index (κ3) is 2.02. The van der Waals surface area contributed by atoms with Gasteiger partial charge < -0.3 is 0 Å². The van der Waals surface area contributed by atoms with E-state index in [-0.39, 0.29) is 5.91 Å². The molecule has 2 heterocycles. The van der Waals surface area contributed by atoms with Crippen molar-refractivity contribution in [3.8, 4) is 0 Å². The van der Waals surface area contributed by atoms with Crippen molar-refractivity contribution in [1.29, 1.82) is 0 Å². The molecule has 0 unspecified atom stereocenters. The van der Waals surface area contributed by atoms with Gasteiger partial charge in [0.2, 0.25) is 5.95 Å². The molecule has 0 spiro atoms. The fourth-order valence-electron chi connectivity index (χ4n) is 1.22. The van der Waals surface area contributed by atoms with E-state index < -0.39 is 0 Å². The predicted octanol–water partition coefficient (Wildman–Crippen LogP) is 0.464. The third-order valence-corrected chi connectivity index (χ3v) is 1.99. The normalized spacial score (nSPS) is 10.1. The van der Waals surface area contributed by atoms with Crippen LogP contribution in [0, 0.1) is 13.8 Å². The summed E-state index contributed by atoms with van der Waals surface area (Å²) >= 11 is 0. The van der Waals surface area contributed by atoms with Gasteiger partial charge in [0.1, 0.15) is 6.33 Å². The summed E-state index contributed by atoms with van der Waals surface area (Å²) in [5, 5.41) is 16.5. The SMILES string of the molecule is Cc1cc(C(=O)Nc2ncn[nH]2)c(C)nn1. The van der Waals surface area contributed by atoms with Crippen molar-refractivity contribution in [3.05, 3.63) is 29.3 Å². The van der Waals surface area contributed by atoms with E-state index in [0.717, 1.165) is 0 Å². The lowest BCUT2D eigenvalue weighted by molar-refractivity contribution is 0.102. The molecule has 0 aliphatic heterocycles. The number of rotatable bonds is 2. The van der Waals surface area contributed by atoms with Crippen LogP contribution >= 0.6 is 0 Å². The summed E-state index contributed by atoms with van der Waals surface area (Å²) in [6.45, 7) is 3.50. The van der Waals surface area contributed by atoms with E-state index in [2.05, 4.69) is 30.7 Å². The van der Waals surface area contributed by atoms with E-state index in [0.29, 0.717) is 22.9 Å². The number of aromatic nitrogens is 5. The third-order valence-electron chi connectivity index (χ3n) is 1.99. The van der Waals surface area contributed by atoms with Crippen molar-refractivity contribution in [2.24, 2.45) is 0 Å². The van der Waals surface area contributed by atoms with Crippen LogP contribution in [-0.4, -0.2) is 31.3 Å². The van der Waals surface area contributed by atoms with Gasteiger partial charge >= 0.3 is 0 Å². The highest BCUT2D eigenvalue weighted by Crippen LogP contribution is 2.07. The zero-order valence-corrected chi connectivity index (χ0v) is 8.85. The molecule has 0 atom stereocenters. The Labute approximate surface area is 91.3 Å². The van der Waals surface area contributed by atoms with Gasteiger partial charge in [-0.2, -0.15) is 20.3 Å². The number of hydrogen-bond acceptors (Lipinski definition) is 5. The van der Waals surface area contributed by atoms with Gasteiger partial charge in [-0.1, -0.05) is 0 Å². The van der Waals surface area contributed by atoms with Crippen LogP contribution in [0.5, 0.6) is 0 Å². The maximum absolute atomic E-state index is 11.8. The van der Waals surface area contributed by atoms with Gasteiger partial charge in [-0.25, -0.2) is 5.10 Å². The summed E-state index contributed by atoms with van der Waals surface area (Å²) < 4.78 is 0. The smallest absolute Gasteiger partial charge is 0.259 e. The molecule has 2 rings (SSSR count). The molecule has 7 heteroatoms. The summed E-state index contributed by atoms with van der Waals surface area (Å²) in [4.78, 5) is 15.6. The lowest BCUT2D eigenvalue weighted by atomic mass is 10.2. The molecule has 7 nitrogen and oxygen atoms in total. The maximum atomic E-state index is 11.8. The molecule has 0 aromatic carbocycles. The number of amides is 1. The van der Waals surface area contributed by atoms with E-state index >= 15 is 0 Å². The number of anilines is 1. The number of aryl methyl sites for hydroxylation is 2. The molecule has 2 aromatic heterocycles.